The summed E-state index contributed by atoms with van der Waals surface area (Å²) >= 11 is 0. The van der Waals surface area contributed by atoms with E-state index in [9.17, 15) is 9.59 Å². The van der Waals surface area contributed by atoms with Gasteiger partial charge in [0.2, 0.25) is 11.6 Å². The number of Topliss-reactive ketones (excluding diaryl/α,β-unsaturated/α-hetero) is 2. The van der Waals surface area contributed by atoms with E-state index in [1.807, 2.05) is 13.0 Å². The second-order valence-corrected chi connectivity index (χ2v) is 8.09. The number of carbonyl (C=O) groups is 2. The van der Waals surface area contributed by atoms with E-state index in [1.165, 1.54) is 5.56 Å². The highest BCUT2D eigenvalue weighted by Gasteiger charge is 2.40. The first kappa shape index (κ1) is 17.2. The Balaban J connectivity index is 1.95. The van der Waals surface area contributed by atoms with Gasteiger partial charge in [-0.2, -0.15) is 0 Å². The Morgan fingerprint density at radius 1 is 1.15 bits per heavy atom. The Kier molecular flexibility index (Phi) is 3.92. The maximum absolute atomic E-state index is 13.0. The third kappa shape index (κ3) is 2.32. The summed E-state index contributed by atoms with van der Waals surface area (Å²) in [5, 5.41) is 9.09. The summed E-state index contributed by atoms with van der Waals surface area (Å²) in [4.78, 5) is 25.9. The zero-order valence-corrected chi connectivity index (χ0v) is 15.6. The van der Waals surface area contributed by atoms with Gasteiger partial charge in [0.05, 0.1) is 5.56 Å². The largest absolute Gasteiger partial charge is 0.460 e. The summed E-state index contributed by atoms with van der Waals surface area (Å²) in [6.45, 7) is 6.29. The molecular formula is C22H24O4. The second-order valence-electron chi connectivity index (χ2n) is 8.09. The van der Waals surface area contributed by atoms with E-state index in [0.717, 1.165) is 36.0 Å². The lowest BCUT2D eigenvalue weighted by molar-refractivity contribution is 0.0813. The van der Waals surface area contributed by atoms with Crippen LogP contribution in [0.15, 0.2) is 16.5 Å². The lowest BCUT2D eigenvalue weighted by atomic mass is 9.69. The first-order chi connectivity index (χ1) is 12.4. The number of furan rings is 1. The number of rotatable bonds is 3. The number of aliphatic hydroxyl groups excluding tert-OH is 1. The Bertz CT molecular complexity index is 930. The van der Waals surface area contributed by atoms with E-state index in [4.69, 9.17) is 9.52 Å². The normalized spacial score (nSPS) is 17.7. The molecule has 0 aliphatic heterocycles. The van der Waals surface area contributed by atoms with E-state index in [0.29, 0.717) is 35.5 Å². The molecule has 1 aromatic heterocycles. The predicted molar refractivity (Wildman–Crippen MR) is 98.9 cm³/mol. The van der Waals surface area contributed by atoms with Crippen molar-refractivity contribution in [2.75, 3.05) is 6.61 Å². The molecule has 26 heavy (non-hydrogen) atoms. The Morgan fingerprint density at radius 2 is 1.88 bits per heavy atom. The van der Waals surface area contributed by atoms with Crippen molar-refractivity contribution in [2.45, 2.75) is 58.3 Å². The summed E-state index contributed by atoms with van der Waals surface area (Å²) < 4.78 is 6.04. The molecule has 4 rings (SSSR count). The molecule has 0 radical (unpaired) electrons. The molecule has 0 atom stereocenters. The van der Waals surface area contributed by atoms with Gasteiger partial charge in [0, 0.05) is 29.7 Å². The highest BCUT2D eigenvalue weighted by atomic mass is 16.3. The molecule has 4 heteroatoms. The molecule has 136 valence electrons. The highest BCUT2D eigenvalue weighted by molar-refractivity contribution is 6.53. The van der Waals surface area contributed by atoms with Crippen LogP contribution in [-0.2, 0) is 18.3 Å². The van der Waals surface area contributed by atoms with Gasteiger partial charge in [0.15, 0.2) is 0 Å². The zero-order chi connectivity index (χ0) is 18.6. The SMILES string of the molecule is Cc1c(CCCO)oc2c1C(=O)C(=O)c1c-2ccc2c1CCCC2(C)C. The Labute approximate surface area is 153 Å². The topological polar surface area (TPSA) is 67.5 Å². The Morgan fingerprint density at radius 3 is 2.62 bits per heavy atom. The molecule has 2 aliphatic rings. The summed E-state index contributed by atoms with van der Waals surface area (Å²) in [6.07, 6.45) is 4.05. The van der Waals surface area contributed by atoms with Gasteiger partial charge in [-0.1, -0.05) is 26.0 Å². The summed E-state index contributed by atoms with van der Waals surface area (Å²) in [5.74, 6) is 0.359. The van der Waals surface area contributed by atoms with Crippen molar-refractivity contribution in [3.63, 3.8) is 0 Å². The molecule has 0 saturated heterocycles. The number of benzene rings is 1. The lowest BCUT2D eigenvalue weighted by Crippen LogP contribution is -2.29. The third-order valence-corrected chi connectivity index (χ3v) is 5.98. The molecule has 0 unspecified atom stereocenters. The van der Waals surface area contributed by atoms with Crippen molar-refractivity contribution in [3.8, 4) is 11.3 Å². The molecule has 0 amide bonds. The van der Waals surface area contributed by atoms with Gasteiger partial charge in [-0.05, 0) is 49.1 Å². The third-order valence-electron chi connectivity index (χ3n) is 5.98. The van der Waals surface area contributed by atoms with Crippen molar-refractivity contribution in [3.05, 3.63) is 45.7 Å². The van der Waals surface area contributed by atoms with Crippen LogP contribution >= 0.6 is 0 Å². The van der Waals surface area contributed by atoms with Crippen LogP contribution in [0.2, 0.25) is 0 Å². The first-order valence-electron chi connectivity index (χ1n) is 9.35. The maximum Gasteiger partial charge on any atom is 0.237 e. The summed E-state index contributed by atoms with van der Waals surface area (Å²) in [6, 6.07) is 4.05. The average molecular weight is 352 g/mol. The van der Waals surface area contributed by atoms with Crippen LogP contribution in [0.5, 0.6) is 0 Å². The molecule has 0 saturated carbocycles. The van der Waals surface area contributed by atoms with Crippen molar-refractivity contribution >= 4 is 11.6 Å². The molecule has 1 heterocycles. The molecular weight excluding hydrogens is 328 g/mol. The van der Waals surface area contributed by atoms with E-state index >= 15 is 0 Å². The van der Waals surface area contributed by atoms with Gasteiger partial charge in [0.25, 0.3) is 0 Å². The maximum atomic E-state index is 13.0. The first-order valence-corrected chi connectivity index (χ1v) is 9.35. The number of aryl methyl sites for hydroxylation is 1. The number of fused-ring (bicyclic) bond motifs is 5. The predicted octanol–water partition coefficient (Wildman–Crippen LogP) is 4.17. The van der Waals surface area contributed by atoms with Crippen LogP contribution in [0.1, 0.15) is 76.3 Å². The van der Waals surface area contributed by atoms with Crippen LogP contribution in [0.3, 0.4) is 0 Å². The smallest absolute Gasteiger partial charge is 0.237 e. The van der Waals surface area contributed by atoms with Gasteiger partial charge < -0.3 is 9.52 Å². The highest BCUT2D eigenvalue weighted by Crippen LogP contribution is 2.45. The van der Waals surface area contributed by atoms with E-state index in [-0.39, 0.29) is 12.0 Å². The second kappa shape index (κ2) is 5.92. The molecule has 1 aromatic carbocycles. The number of carbonyl (C=O) groups excluding carboxylic acids is 2. The Hall–Kier alpha value is -2.20. The summed E-state index contributed by atoms with van der Waals surface area (Å²) in [5.41, 5.74) is 4.65. The van der Waals surface area contributed by atoms with Crippen LogP contribution in [0.4, 0.5) is 0 Å². The van der Waals surface area contributed by atoms with Crippen molar-refractivity contribution in [1.29, 1.82) is 0 Å². The van der Waals surface area contributed by atoms with Crippen LogP contribution in [0.25, 0.3) is 11.3 Å². The number of hydrogen-bond acceptors (Lipinski definition) is 4. The fourth-order valence-corrected chi connectivity index (χ4v) is 4.56. The van der Waals surface area contributed by atoms with E-state index in [2.05, 4.69) is 19.9 Å². The van der Waals surface area contributed by atoms with Gasteiger partial charge in [-0.15, -0.1) is 0 Å². The standard InChI is InChI=1S/C22H24O4/c1-12-16(7-5-11-23)26-21-14-8-9-15-13(6-4-10-22(15,2)3)18(14)20(25)19(24)17(12)21/h8-9,23H,4-7,10-11H2,1-3H3. The fourth-order valence-electron chi connectivity index (χ4n) is 4.56. The monoisotopic (exact) mass is 352 g/mol. The number of aliphatic hydroxyl groups is 1. The molecule has 0 fully saturated rings. The van der Waals surface area contributed by atoms with Gasteiger partial charge >= 0.3 is 0 Å². The quantitative estimate of drug-likeness (QED) is 0.842. The fraction of sp³-hybridized carbons (Fsp3) is 0.455. The molecule has 2 aromatic rings. The van der Waals surface area contributed by atoms with Crippen molar-refractivity contribution < 1.29 is 19.1 Å². The molecule has 0 bridgehead atoms. The van der Waals surface area contributed by atoms with E-state index in [1.54, 1.807) is 0 Å². The molecule has 4 nitrogen and oxygen atoms in total. The van der Waals surface area contributed by atoms with Gasteiger partial charge in [-0.25, -0.2) is 0 Å². The molecule has 0 spiro atoms. The van der Waals surface area contributed by atoms with Gasteiger partial charge in [-0.3, -0.25) is 9.59 Å². The molecule has 1 N–H and O–H groups in total. The zero-order valence-electron chi connectivity index (χ0n) is 15.6. The minimum absolute atomic E-state index is 0.0115. The van der Waals surface area contributed by atoms with Crippen LogP contribution < -0.4 is 0 Å². The van der Waals surface area contributed by atoms with Crippen LogP contribution in [-0.4, -0.2) is 23.3 Å². The van der Waals surface area contributed by atoms with Crippen LogP contribution in [0, 0.1) is 6.92 Å². The van der Waals surface area contributed by atoms with Crippen molar-refractivity contribution in [2.24, 2.45) is 0 Å². The minimum atomic E-state index is -0.458. The van der Waals surface area contributed by atoms with E-state index < -0.39 is 11.6 Å². The van der Waals surface area contributed by atoms with Crippen molar-refractivity contribution in [1.82, 2.24) is 0 Å². The number of hydrogen-bond donors (Lipinski definition) is 1. The number of ketones is 2. The average Bonchev–Trinajstić information content (AvgIpc) is 2.93. The molecule has 2 aliphatic carbocycles. The lowest BCUT2D eigenvalue weighted by Gasteiger charge is -2.34. The van der Waals surface area contributed by atoms with Gasteiger partial charge in [0.1, 0.15) is 11.5 Å². The minimum Gasteiger partial charge on any atom is -0.460 e. The summed E-state index contributed by atoms with van der Waals surface area (Å²) in [7, 11) is 0.